The van der Waals surface area contributed by atoms with E-state index >= 15 is 0 Å². The summed E-state index contributed by atoms with van der Waals surface area (Å²) in [5, 5.41) is 9.90. The van der Waals surface area contributed by atoms with Crippen LogP contribution in [0.15, 0.2) is 54.1 Å². The summed E-state index contributed by atoms with van der Waals surface area (Å²) in [5.74, 6) is 0.923. The molecule has 0 spiro atoms. The lowest BCUT2D eigenvalue weighted by Gasteiger charge is -2.24. The van der Waals surface area contributed by atoms with Crippen molar-refractivity contribution in [1.82, 2.24) is 0 Å². The zero-order valence-corrected chi connectivity index (χ0v) is 10.1. The highest BCUT2D eigenvalue weighted by molar-refractivity contribution is 5.59. The molecule has 92 valence electrons. The van der Waals surface area contributed by atoms with E-state index in [9.17, 15) is 5.11 Å². The van der Waals surface area contributed by atoms with E-state index in [-0.39, 0.29) is 12.2 Å². The van der Waals surface area contributed by atoms with Gasteiger partial charge in [0.05, 0.1) is 6.10 Å². The Balaban J connectivity index is 1.74. The number of para-hydroxylation sites is 1. The van der Waals surface area contributed by atoms with Gasteiger partial charge in [0, 0.05) is 12.0 Å². The number of fused-ring (bicyclic) bond motifs is 1. The van der Waals surface area contributed by atoms with Crippen LogP contribution in [-0.4, -0.2) is 17.3 Å². The molecule has 0 saturated heterocycles. The maximum atomic E-state index is 9.90. The second-order valence-corrected chi connectivity index (χ2v) is 4.68. The molecule has 0 aromatic heterocycles. The molecule has 1 aromatic rings. The number of rotatable bonds is 2. The Morgan fingerprint density at radius 1 is 1.28 bits per heavy atom. The normalized spacial score (nSPS) is 25.3. The van der Waals surface area contributed by atoms with Crippen LogP contribution < -0.4 is 4.74 Å². The summed E-state index contributed by atoms with van der Waals surface area (Å²) in [6, 6.07) is 8.01. The van der Waals surface area contributed by atoms with Crippen molar-refractivity contribution in [1.29, 1.82) is 0 Å². The van der Waals surface area contributed by atoms with Gasteiger partial charge in [-0.25, -0.2) is 0 Å². The Hall–Kier alpha value is -1.80. The molecule has 0 fully saturated rings. The number of benzene rings is 1. The minimum absolute atomic E-state index is 0.0206. The van der Waals surface area contributed by atoms with Gasteiger partial charge in [-0.3, -0.25) is 0 Å². The highest BCUT2D eigenvalue weighted by atomic mass is 16.5. The summed E-state index contributed by atoms with van der Waals surface area (Å²) in [5.41, 5.74) is 2.17. The van der Waals surface area contributed by atoms with E-state index in [1.807, 2.05) is 42.5 Å². The standard InChI is InChI=1S/C16H16O2/c17-15-7-3-1-6-13(15)11-14-10-9-12-5-2-4-8-16(12)18-14/h1-6,8-10,14-15,17H,7,11H2. The zero-order valence-electron chi connectivity index (χ0n) is 10.1. The number of ether oxygens (including phenoxy) is 1. The van der Waals surface area contributed by atoms with E-state index in [0.717, 1.165) is 23.3 Å². The van der Waals surface area contributed by atoms with Gasteiger partial charge < -0.3 is 9.84 Å². The molecule has 3 rings (SSSR count). The fraction of sp³-hybridized carbons (Fsp3) is 0.250. The molecule has 0 radical (unpaired) electrons. The molecule has 2 unspecified atom stereocenters. The van der Waals surface area contributed by atoms with Crippen LogP contribution in [-0.2, 0) is 0 Å². The quantitative estimate of drug-likeness (QED) is 0.860. The second kappa shape index (κ2) is 4.83. The van der Waals surface area contributed by atoms with Crippen molar-refractivity contribution >= 4 is 6.08 Å². The van der Waals surface area contributed by atoms with E-state index in [1.165, 1.54) is 0 Å². The third kappa shape index (κ3) is 2.24. The van der Waals surface area contributed by atoms with Gasteiger partial charge in [0.1, 0.15) is 11.9 Å². The average molecular weight is 240 g/mol. The monoisotopic (exact) mass is 240 g/mol. The number of hydrogen-bond acceptors (Lipinski definition) is 2. The van der Waals surface area contributed by atoms with Crippen LogP contribution in [0.5, 0.6) is 5.75 Å². The fourth-order valence-corrected chi connectivity index (χ4v) is 2.35. The molecule has 1 heterocycles. The van der Waals surface area contributed by atoms with Crippen molar-refractivity contribution < 1.29 is 9.84 Å². The van der Waals surface area contributed by atoms with Gasteiger partial charge >= 0.3 is 0 Å². The highest BCUT2D eigenvalue weighted by Gasteiger charge is 2.19. The molecule has 2 heteroatoms. The third-order valence-corrected chi connectivity index (χ3v) is 3.36. The van der Waals surface area contributed by atoms with Crippen LogP contribution in [0, 0.1) is 0 Å². The van der Waals surface area contributed by atoms with E-state index < -0.39 is 0 Å². The van der Waals surface area contributed by atoms with Crippen molar-refractivity contribution in [3.05, 3.63) is 59.7 Å². The Bertz CT molecular complexity index is 526. The maximum absolute atomic E-state index is 9.90. The molecular formula is C16H16O2. The number of allylic oxidation sites excluding steroid dienone is 2. The minimum atomic E-state index is -0.357. The topological polar surface area (TPSA) is 29.5 Å². The lowest BCUT2D eigenvalue weighted by molar-refractivity contribution is 0.188. The van der Waals surface area contributed by atoms with Crippen LogP contribution in [0.1, 0.15) is 18.4 Å². The Morgan fingerprint density at radius 3 is 3.06 bits per heavy atom. The number of aliphatic hydroxyl groups is 1. The van der Waals surface area contributed by atoms with Gasteiger partial charge in [-0.15, -0.1) is 0 Å². The van der Waals surface area contributed by atoms with Crippen molar-refractivity contribution in [2.45, 2.75) is 25.0 Å². The first kappa shape index (κ1) is 11.3. The molecule has 2 atom stereocenters. The van der Waals surface area contributed by atoms with E-state index in [1.54, 1.807) is 0 Å². The molecule has 1 N–H and O–H groups in total. The zero-order chi connectivity index (χ0) is 12.4. The van der Waals surface area contributed by atoms with Crippen LogP contribution in [0.25, 0.3) is 6.08 Å². The first-order chi connectivity index (χ1) is 8.83. The van der Waals surface area contributed by atoms with Crippen LogP contribution in [0.4, 0.5) is 0 Å². The molecule has 0 saturated carbocycles. The highest BCUT2D eigenvalue weighted by Crippen LogP contribution is 2.29. The van der Waals surface area contributed by atoms with Gasteiger partial charge in [0.25, 0.3) is 0 Å². The fourth-order valence-electron chi connectivity index (χ4n) is 2.35. The third-order valence-electron chi connectivity index (χ3n) is 3.36. The Morgan fingerprint density at radius 2 is 2.17 bits per heavy atom. The summed E-state index contributed by atoms with van der Waals surface area (Å²) < 4.78 is 5.92. The van der Waals surface area contributed by atoms with Crippen molar-refractivity contribution in [2.24, 2.45) is 0 Å². The Labute approximate surface area is 107 Å². The predicted octanol–water partition coefficient (Wildman–Crippen LogP) is 3.10. The molecule has 2 aliphatic rings. The number of hydrogen-bond donors (Lipinski definition) is 1. The average Bonchev–Trinajstić information content (AvgIpc) is 2.41. The van der Waals surface area contributed by atoms with Gasteiger partial charge in [-0.2, -0.15) is 0 Å². The molecule has 1 aliphatic carbocycles. The summed E-state index contributed by atoms with van der Waals surface area (Å²) in [4.78, 5) is 0. The lowest BCUT2D eigenvalue weighted by atomic mass is 9.95. The van der Waals surface area contributed by atoms with Crippen molar-refractivity contribution in [3.63, 3.8) is 0 Å². The largest absolute Gasteiger partial charge is 0.485 e. The smallest absolute Gasteiger partial charge is 0.127 e. The Kier molecular flexibility index (Phi) is 3.03. The maximum Gasteiger partial charge on any atom is 0.127 e. The van der Waals surface area contributed by atoms with E-state index in [0.29, 0.717) is 6.42 Å². The minimum Gasteiger partial charge on any atom is -0.485 e. The van der Waals surface area contributed by atoms with Crippen LogP contribution >= 0.6 is 0 Å². The van der Waals surface area contributed by atoms with Gasteiger partial charge in [-0.05, 0) is 24.1 Å². The van der Waals surface area contributed by atoms with Crippen LogP contribution in [0.3, 0.4) is 0 Å². The SMILES string of the molecule is OC1CC=CC=C1CC1C=Cc2ccccc2O1. The molecule has 1 aliphatic heterocycles. The molecule has 0 amide bonds. The van der Waals surface area contributed by atoms with Gasteiger partial charge in [-0.1, -0.05) is 42.5 Å². The predicted molar refractivity (Wildman–Crippen MR) is 72.4 cm³/mol. The first-order valence-electron chi connectivity index (χ1n) is 6.30. The van der Waals surface area contributed by atoms with Crippen LogP contribution in [0.2, 0.25) is 0 Å². The number of aliphatic hydroxyl groups excluding tert-OH is 1. The van der Waals surface area contributed by atoms with E-state index in [2.05, 4.69) is 12.2 Å². The van der Waals surface area contributed by atoms with Crippen molar-refractivity contribution in [2.75, 3.05) is 0 Å². The summed E-state index contributed by atoms with van der Waals surface area (Å²) in [7, 11) is 0. The molecule has 2 nitrogen and oxygen atoms in total. The summed E-state index contributed by atoms with van der Waals surface area (Å²) in [6.07, 6.45) is 11.3. The lowest BCUT2D eigenvalue weighted by Crippen LogP contribution is -2.22. The molecular weight excluding hydrogens is 224 g/mol. The second-order valence-electron chi connectivity index (χ2n) is 4.68. The summed E-state index contributed by atoms with van der Waals surface area (Å²) >= 11 is 0. The van der Waals surface area contributed by atoms with Gasteiger partial charge in [0.2, 0.25) is 0 Å². The molecule has 0 bridgehead atoms. The molecule has 18 heavy (non-hydrogen) atoms. The first-order valence-corrected chi connectivity index (χ1v) is 6.30. The molecule has 1 aromatic carbocycles. The van der Waals surface area contributed by atoms with Crippen molar-refractivity contribution in [3.8, 4) is 5.75 Å². The van der Waals surface area contributed by atoms with E-state index in [4.69, 9.17) is 4.74 Å². The summed E-state index contributed by atoms with van der Waals surface area (Å²) in [6.45, 7) is 0. The van der Waals surface area contributed by atoms with Gasteiger partial charge in [0.15, 0.2) is 0 Å².